The van der Waals surface area contributed by atoms with Gasteiger partial charge in [0.15, 0.2) is 11.5 Å². The van der Waals surface area contributed by atoms with E-state index in [0.717, 1.165) is 5.56 Å². The van der Waals surface area contributed by atoms with Crippen molar-refractivity contribution in [1.29, 1.82) is 0 Å². The Labute approximate surface area is 136 Å². The normalized spacial score (nSPS) is 10.9. The minimum absolute atomic E-state index is 0.0135. The molecule has 114 valence electrons. The van der Waals surface area contributed by atoms with Gasteiger partial charge < -0.3 is 14.9 Å². The highest BCUT2D eigenvalue weighted by molar-refractivity contribution is 9.10. The van der Waals surface area contributed by atoms with E-state index in [1.54, 1.807) is 31.2 Å². The minimum Gasteiger partial charge on any atom is -0.504 e. The predicted octanol–water partition coefficient (Wildman–Crippen LogP) is 3.92. The van der Waals surface area contributed by atoms with Gasteiger partial charge in [-0.1, -0.05) is 0 Å². The van der Waals surface area contributed by atoms with Crippen LogP contribution in [-0.2, 0) is 0 Å². The van der Waals surface area contributed by atoms with Crippen molar-refractivity contribution in [2.24, 2.45) is 4.99 Å². The number of aromatic carboxylic acids is 1. The van der Waals surface area contributed by atoms with Crippen molar-refractivity contribution in [3.8, 4) is 11.5 Å². The third-order valence-electron chi connectivity index (χ3n) is 3.12. The molecule has 0 unspecified atom stereocenters. The summed E-state index contributed by atoms with van der Waals surface area (Å²) < 4.78 is 5.74. The zero-order chi connectivity index (χ0) is 16.3. The second-order valence-corrected chi connectivity index (χ2v) is 5.43. The molecular formula is C16H14BrNO4. The zero-order valence-electron chi connectivity index (χ0n) is 12.0. The van der Waals surface area contributed by atoms with Gasteiger partial charge in [0.2, 0.25) is 0 Å². The molecule has 0 aliphatic carbocycles. The Bertz CT molecular complexity index is 756. The SMILES string of the molecule is COc1ccc(Br)c(C=Nc2ccc(C(=O)O)cc2C)c1O. The van der Waals surface area contributed by atoms with Gasteiger partial charge in [-0.05, 0) is 58.7 Å². The first-order valence-corrected chi connectivity index (χ1v) is 7.16. The summed E-state index contributed by atoms with van der Waals surface area (Å²) in [6, 6.07) is 8.06. The van der Waals surface area contributed by atoms with Crippen LogP contribution in [0.1, 0.15) is 21.5 Å². The summed E-state index contributed by atoms with van der Waals surface area (Å²) in [5, 5.41) is 19.1. The summed E-state index contributed by atoms with van der Waals surface area (Å²) in [5.41, 5.74) is 2.05. The third kappa shape index (κ3) is 3.28. The van der Waals surface area contributed by atoms with Gasteiger partial charge in [-0.2, -0.15) is 0 Å². The Morgan fingerprint density at radius 3 is 2.64 bits per heavy atom. The number of ether oxygens (including phenoxy) is 1. The van der Waals surface area contributed by atoms with Crippen LogP contribution in [-0.4, -0.2) is 29.5 Å². The van der Waals surface area contributed by atoms with E-state index in [-0.39, 0.29) is 11.3 Å². The number of nitrogens with zero attached hydrogens (tertiary/aromatic N) is 1. The van der Waals surface area contributed by atoms with Gasteiger partial charge in [0.05, 0.1) is 23.9 Å². The van der Waals surface area contributed by atoms with Crippen LogP contribution in [0.25, 0.3) is 0 Å². The third-order valence-corrected chi connectivity index (χ3v) is 3.81. The zero-order valence-corrected chi connectivity index (χ0v) is 13.6. The van der Waals surface area contributed by atoms with Gasteiger partial charge in [0.1, 0.15) is 0 Å². The molecule has 0 radical (unpaired) electrons. The lowest BCUT2D eigenvalue weighted by atomic mass is 10.1. The first-order chi connectivity index (χ1) is 10.4. The quantitative estimate of drug-likeness (QED) is 0.806. The fourth-order valence-electron chi connectivity index (χ4n) is 1.92. The molecule has 0 bridgehead atoms. The lowest BCUT2D eigenvalue weighted by Gasteiger charge is -2.08. The molecule has 0 heterocycles. The Hall–Kier alpha value is -2.34. The highest BCUT2D eigenvalue weighted by Gasteiger charge is 2.10. The largest absolute Gasteiger partial charge is 0.504 e. The fourth-order valence-corrected chi connectivity index (χ4v) is 2.34. The molecule has 0 saturated heterocycles. The summed E-state index contributed by atoms with van der Waals surface area (Å²) >= 11 is 3.35. The number of phenols is 1. The van der Waals surface area contributed by atoms with Crippen LogP contribution in [0.15, 0.2) is 39.8 Å². The Morgan fingerprint density at radius 2 is 2.05 bits per heavy atom. The molecule has 22 heavy (non-hydrogen) atoms. The van der Waals surface area contributed by atoms with Crippen LogP contribution >= 0.6 is 15.9 Å². The highest BCUT2D eigenvalue weighted by atomic mass is 79.9. The summed E-state index contributed by atoms with van der Waals surface area (Å²) in [6.45, 7) is 1.78. The summed E-state index contributed by atoms with van der Waals surface area (Å²) in [5.74, 6) is -0.644. The van der Waals surface area contributed by atoms with E-state index in [1.165, 1.54) is 19.4 Å². The number of hydrogen-bond acceptors (Lipinski definition) is 4. The number of halogens is 1. The number of carbonyl (C=O) groups is 1. The fraction of sp³-hybridized carbons (Fsp3) is 0.125. The molecule has 2 aromatic carbocycles. The van der Waals surface area contributed by atoms with E-state index < -0.39 is 5.97 Å². The number of aryl methyl sites for hydroxylation is 1. The maximum Gasteiger partial charge on any atom is 0.335 e. The maximum atomic E-state index is 10.9. The molecule has 0 amide bonds. The number of carboxylic acid groups (broad SMARTS) is 1. The second-order valence-electron chi connectivity index (χ2n) is 4.58. The molecule has 2 aromatic rings. The molecular weight excluding hydrogens is 350 g/mol. The van der Waals surface area contributed by atoms with Crippen molar-refractivity contribution >= 4 is 33.8 Å². The smallest absolute Gasteiger partial charge is 0.335 e. The molecule has 0 fully saturated rings. The first-order valence-electron chi connectivity index (χ1n) is 6.37. The lowest BCUT2D eigenvalue weighted by molar-refractivity contribution is 0.0697. The van der Waals surface area contributed by atoms with Crippen molar-refractivity contribution < 1.29 is 19.7 Å². The first kappa shape index (κ1) is 16.0. The predicted molar refractivity (Wildman–Crippen MR) is 87.8 cm³/mol. The van der Waals surface area contributed by atoms with Crippen molar-refractivity contribution in [2.45, 2.75) is 6.92 Å². The molecule has 5 nitrogen and oxygen atoms in total. The van der Waals surface area contributed by atoms with Crippen LogP contribution in [0.4, 0.5) is 5.69 Å². The summed E-state index contributed by atoms with van der Waals surface area (Å²) in [6.07, 6.45) is 1.50. The average Bonchev–Trinajstić information content (AvgIpc) is 2.48. The summed E-state index contributed by atoms with van der Waals surface area (Å²) in [4.78, 5) is 15.2. The van der Waals surface area contributed by atoms with Crippen molar-refractivity contribution in [1.82, 2.24) is 0 Å². The molecule has 0 aliphatic rings. The van der Waals surface area contributed by atoms with Gasteiger partial charge in [-0.25, -0.2) is 4.79 Å². The lowest BCUT2D eigenvalue weighted by Crippen LogP contribution is -1.96. The molecule has 0 atom stereocenters. The number of aromatic hydroxyl groups is 1. The number of benzene rings is 2. The number of hydrogen-bond donors (Lipinski definition) is 2. The van der Waals surface area contributed by atoms with E-state index in [4.69, 9.17) is 9.84 Å². The number of aliphatic imine (C=N–C) groups is 1. The number of rotatable bonds is 4. The molecule has 2 N–H and O–H groups in total. The second kappa shape index (κ2) is 6.62. The van der Waals surface area contributed by atoms with Crippen molar-refractivity contribution in [3.05, 3.63) is 51.5 Å². The number of phenolic OH excluding ortho intramolecular Hbond substituents is 1. The Morgan fingerprint density at radius 1 is 1.32 bits per heavy atom. The van der Waals surface area contributed by atoms with Crippen LogP contribution in [0.5, 0.6) is 11.5 Å². The molecule has 6 heteroatoms. The van der Waals surface area contributed by atoms with Gasteiger partial charge in [-0.3, -0.25) is 4.99 Å². The van der Waals surface area contributed by atoms with Gasteiger partial charge in [-0.15, -0.1) is 0 Å². The Kier molecular flexibility index (Phi) is 4.82. The number of methoxy groups -OCH3 is 1. The molecule has 0 spiro atoms. The van der Waals surface area contributed by atoms with Gasteiger partial charge >= 0.3 is 5.97 Å². The van der Waals surface area contributed by atoms with Crippen molar-refractivity contribution in [2.75, 3.05) is 7.11 Å². The topological polar surface area (TPSA) is 79.1 Å². The highest BCUT2D eigenvalue weighted by Crippen LogP contribution is 2.34. The van der Waals surface area contributed by atoms with Gasteiger partial charge in [0.25, 0.3) is 0 Å². The molecule has 0 aromatic heterocycles. The van der Waals surface area contributed by atoms with Crippen molar-refractivity contribution in [3.63, 3.8) is 0 Å². The number of carboxylic acids is 1. The Balaban J connectivity index is 2.39. The monoisotopic (exact) mass is 363 g/mol. The van der Waals surface area contributed by atoms with E-state index in [0.29, 0.717) is 21.5 Å². The van der Waals surface area contributed by atoms with Crippen LogP contribution in [0.2, 0.25) is 0 Å². The van der Waals surface area contributed by atoms with Crippen LogP contribution < -0.4 is 4.74 Å². The van der Waals surface area contributed by atoms with Crippen LogP contribution in [0, 0.1) is 6.92 Å². The van der Waals surface area contributed by atoms with E-state index in [1.807, 2.05) is 0 Å². The van der Waals surface area contributed by atoms with Gasteiger partial charge in [0, 0.05) is 10.7 Å². The average molecular weight is 364 g/mol. The van der Waals surface area contributed by atoms with E-state index in [2.05, 4.69) is 20.9 Å². The summed E-state index contributed by atoms with van der Waals surface area (Å²) in [7, 11) is 1.47. The minimum atomic E-state index is -0.980. The van der Waals surface area contributed by atoms with E-state index in [9.17, 15) is 9.90 Å². The maximum absolute atomic E-state index is 10.9. The molecule has 0 aliphatic heterocycles. The van der Waals surface area contributed by atoms with E-state index >= 15 is 0 Å². The molecule has 0 saturated carbocycles. The molecule has 2 rings (SSSR count). The standard InChI is InChI=1S/C16H14BrNO4/c1-9-7-10(16(20)21)3-5-13(9)18-8-11-12(17)4-6-14(22-2)15(11)19/h3-8,19H,1-2H3,(H,20,21). The van der Waals surface area contributed by atoms with Crippen LogP contribution in [0.3, 0.4) is 0 Å².